The molecule has 0 radical (unpaired) electrons. The highest BCUT2D eigenvalue weighted by Crippen LogP contribution is 2.27. The second-order valence-corrected chi connectivity index (χ2v) is 4.88. The summed E-state index contributed by atoms with van der Waals surface area (Å²) in [5.74, 6) is -1.36. The van der Waals surface area contributed by atoms with Crippen LogP contribution in [0.1, 0.15) is 19.4 Å². The Morgan fingerprint density at radius 1 is 1.50 bits per heavy atom. The highest BCUT2D eigenvalue weighted by Gasteiger charge is 2.18. The van der Waals surface area contributed by atoms with Gasteiger partial charge in [0.05, 0.1) is 4.47 Å². The van der Waals surface area contributed by atoms with Gasteiger partial charge in [0.25, 0.3) is 0 Å². The molecular formula is C12H12BrFO2. The summed E-state index contributed by atoms with van der Waals surface area (Å²) in [6, 6.07) is 4.77. The number of allylic oxidation sites excluding steroid dienone is 1. The van der Waals surface area contributed by atoms with E-state index in [4.69, 9.17) is 5.11 Å². The summed E-state index contributed by atoms with van der Waals surface area (Å²) >= 11 is 3.07. The second-order valence-electron chi connectivity index (χ2n) is 4.02. The normalized spacial score (nSPS) is 12.0. The Hall–Kier alpha value is -1.16. The van der Waals surface area contributed by atoms with Gasteiger partial charge in [-0.15, -0.1) is 0 Å². The van der Waals surface area contributed by atoms with E-state index in [1.54, 1.807) is 12.1 Å². The minimum absolute atomic E-state index is 0.352. The molecule has 0 atom stereocenters. The first-order valence-electron chi connectivity index (χ1n) is 4.70. The maximum atomic E-state index is 13.3. The minimum Gasteiger partial charge on any atom is -0.478 e. The van der Waals surface area contributed by atoms with Crippen LogP contribution in [0.4, 0.5) is 4.39 Å². The van der Waals surface area contributed by atoms with Crippen molar-refractivity contribution in [1.29, 1.82) is 0 Å². The maximum absolute atomic E-state index is 13.3. The fourth-order valence-electron chi connectivity index (χ4n) is 1.27. The number of carbonyl (C=O) groups is 1. The molecule has 0 saturated heterocycles. The van der Waals surface area contributed by atoms with Crippen molar-refractivity contribution in [2.45, 2.75) is 19.3 Å². The molecular weight excluding hydrogens is 275 g/mol. The molecule has 4 heteroatoms. The number of aliphatic carboxylic acids is 1. The molecule has 1 N–H and O–H groups in total. The molecule has 0 unspecified atom stereocenters. The maximum Gasteiger partial charge on any atom is 0.328 e. The van der Waals surface area contributed by atoms with E-state index in [1.807, 2.05) is 13.8 Å². The molecule has 0 aliphatic carbocycles. The summed E-state index contributed by atoms with van der Waals surface area (Å²) < 4.78 is 13.7. The molecule has 0 aromatic heterocycles. The van der Waals surface area contributed by atoms with E-state index < -0.39 is 11.4 Å². The molecule has 0 spiro atoms. The Morgan fingerprint density at radius 2 is 2.12 bits per heavy atom. The van der Waals surface area contributed by atoms with Crippen LogP contribution in [0.25, 0.3) is 0 Å². The van der Waals surface area contributed by atoms with Gasteiger partial charge in [0.15, 0.2) is 0 Å². The molecule has 0 fully saturated rings. The number of hydrogen-bond donors (Lipinski definition) is 1. The number of benzene rings is 1. The number of carboxylic acids is 1. The predicted molar refractivity (Wildman–Crippen MR) is 63.9 cm³/mol. The van der Waals surface area contributed by atoms with Crippen molar-refractivity contribution < 1.29 is 14.3 Å². The summed E-state index contributed by atoms with van der Waals surface area (Å²) in [7, 11) is 0. The van der Waals surface area contributed by atoms with Crippen LogP contribution < -0.4 is 0 Å². The third-order valence-corrected chi connectivity index (χ3v) is 2.95. The number of hydrogen-bond acceptors (Lipinski definition) is 1. The molecule has 1 aromatic rings. The van der Waals surface area contributed by atoms with Gasteiger partial charge in [0.2, 0.25) is 0 Å². The van der Waals surface area contributed by atoms with Gasteiger partial charge < -0.3 is 5.11 Å². The van der Waals surface area contributed by atoms with Crippen LogP contribution in [-0.2, 0) is 10.2 Å². The smallest absolute Gasteiger partial charge is 0.328 e. The van der Waals surface area contributed by atoms with Crippen LogP contribution in [0.5, 0.6) is 0 Å². The Balaban J connectivity index is 3.07. The number of carboxylic acid groups (broad SMARTS) is 1. The standard InChI is InChI=1S/C12H12BrFO2/c1-12(2,6-5-11(15)16)8-3-4-9(13)10(14)7-8/h3-7H,1-2H3,(H,15,16)/b6-5+. The summed E-state index contributed by atoms with van der Waals surface area (Å²) in [5, 5.41) is 8.55. The van der Waals surface area contributed by atoms with E-state index in [-0.39, 0.29) is 5.82 Å². The lowest BCUT2D eigenvalue weighted by atomic mass is 9.84. The first kappa shape index (κ1) is 12.9. The van der Waals surface area contributed by atoms with Gasteiger partial charge in [-0.2, -0.15) is 0 Å². The van der Waals surface area contributed by atoms with Crippen LogP contribution >= 0.6 is 15.9 Å². The number of rotatable bonds is 3. The molecule has 1 rings (SSSR count). The average Bonchev–Trinajstić information content (AvgIpc) is 2.19. The average molecular weight is 287 g/mol. The van der Waals surface area contributed by atoms with Crippen LogP contribution in [0.2, 0.25) is 0 Å². The third-order valence-electron chi connectivity index (χ3n) is 2.31. The van der Waals surface area contributed by atoms with Crippen molar-refractivity contribution in [2.24, 2.45) is 0 Å². The quantitative estimate of drug-likeness (QED) is 0.864. The molecule has 16 heavy (non-hydrogen) atoms. The lowest BCUT2D eigenvalue weighted by molar-refractivity contribution is -0.131. The Kier molecular flexibility index (Phi) is 3.86. The SMILES string of the molecule is CC(C)(/C=C/C(=O)O)c1ccc(Br)c(F)c1. The zero-order chi connectivity index (χ0) is 12.3. The third kappa shape index (κ3) is 3.17. The molecule has 0 aliphatic rings. The van der Waals surface area contributed by atoms with Gasteiger partial charge in [0.1, 0.15) is 5.82 Å². The van der Waals surface area contributed by atoms with Crippen molar-refractivity contribution >= 4 is 21.9 Å². The van der Waals surface area contributed by atoms with E-state index in [0.29, 0.717) is 4.47 Å². The van der Waals surface area contributed by atoms with E-state index in [1.165, 1.54) is 12.1 Å². The topological polar surface area (TPSA) is 37.3 Å². The van der Waals surface area contributed by atoms with E-state index in [0.717, 1.165) is 11.6 Å². The predicted octanol–water partition coefficient (Wildman–Crippen LogP) is 3.51. The van der Waals surface area contributed by atoms with Crippen molar-refractivity contribution in [3.05, 3.63) is 46.2 Å². The van der Waals surface area contributed by atoms with Crippen molar-refractivity contribution in [3.8, 4) is 0 Å². The van der Waals surface area contributed by atoms with Crippen molar-refractivity contribution in [3.63, 3.8) is 0 Å². The van der Waals surface area contributed by atoms with Gasteiger partial charge in [-0.3, -0.25) is 0 Å². The molecule has 0 bridgehead atoms. The first-order valence-corrected chi connectivity index (χ1v) is 5.50. The van der Waals surface area contributed by atoms with Crippen molar-refractivity contribution in [2.75, 3.05) is 0 Å². The summed E-state index contributed by atoms with van der Waals surface area (Å²) in [6.45, 7) is 3.66. The molecule has 0 saturated carbocycles. The molecule has 0 amide bonds. The Labute approximate surface area is 102 Å². The molecule has 0 aliphatic heterocycles. The minimum atomic E-state index is -1.01. The lowest BCUT2D eigenvalue weighted by Gasteiger charge is -2.20. The monoisotopic (exact) mass is 286 g/mol. The summed E-state index contributed by atoms with van der Waals surface area (Å²) in [5.41, 5.74) is 0.214. The zero-order valence-electron chi connectivity index (χ0n) is 9.00. The summed E-state index contributed by atoms with van der Waals surface area (Å²) in [4.78, 5) is 10.4. The van der Waals surface area contributed by atoms with E-state index in [2.05, 4.69) is 15.9 Å². The highest BCUT2D eigenvalue weighted by molar-refractivity contribution is 9.10. The van der Waals surface area contributed by atoms with Gasteiger partial charge in [-0.25, -0.2) is 9.18 Å². The van der Waals surface area contributed by atoms with E-state index in [9.17, 15) is 9.18 Å². The molecule has 86 valence electrons. The fourth-order valence-corrected chi connectivity index (χ4v) is 1.52. The van der Waals surface area contributed by atoms with Gasteiger partial charge in [-0.05, 0) is 33.6 Å². The van der Waals surface area contributed by atoms with Crippen LogP contribution in [0.3, 0.4) is 0 Å². The first-order chi connectivity index (χ1) is 7.33. The van der Waals surface area contributed by atoms with E-state index >= 15 is 0 Å². The van der Waals surface area contributed by atoms with Gasteiger partial charge in [0, 0.05) is 11.5 Å². The molecule has 2 nitrogen and oxygen atoms in total. The number of halogens is 2. The van der Waals surface area contributed by atoms with Crippen LogP contribution in [0, 0.1) is 5.82 Å². The Morgan fingerprint density at radius 3 is 2.62 bits per heavy atom. The van der Waals surface area contributed by atoms with Crippen LogP contribution in [-0.4, -0.2) is 11.1 Å². The molecule has 0 heterocycles. The summed E-state index contributed by atoms with van der Waals surface area (Å²) in [6.07, 6.45) is 2.61. The largest absolute Gasteiger partial charge is 0.478 e. The fraction of sp³-hybridized carbons (Fsp3) is 0.250. The van der Waals surface area contributed by atoms with Crippen LogP contribution in [0.15, 0.2) is 34.8 Å². The lowest BCUT2D eigenvalue weighted by Crippen LogP contribution is -2.14. The Bertz CT molecular complexity index is 439. The second kappa shape index (κ2) is 4.78. The van der Waals surface area contributed by atoms with Gasteiger partial charge >= 0.3 is 5.97 Å². The van der Waals surface area contributed by atoms with Gasteiger partial charge in [-0.1, -0.05) is 26.0 Å². The zero-order valence-corrected chi connectivity index (χ0v) is 10.6. The van der Waals surface area contributed by atoms with Crippen molar-refractivity contribution in [1.82, 2.24) is 0 Å². The highest BCUT2D eigenvalue weighted by atomic mass is 79.9. The molecule has 1 aromatic carbocycles.